The fourth-order valence-corrected chi connectivity index (χ4v) is 4.61. The van der Waals surface area contributed by atoms with Gasteiger partial charge in [0.1, 0.15) is 0 Å². The van der Waals surface area contributed by atoms with E-state index in [4.69, 9.17) is 17.3 Å². The van der Waals surface area contributed by atoms with Crippen molar-refractivity contribution in [2.75, 3.05) is 26.2 Å². The molecule has 2 aliphatic rings. The average molecular weight is 421 g/mol. The maximum absolute atomic E-state index is 6.17. The van der Waals surface area contributed by atoms with Gasteiger partial charge >= 0.3 is 0 Å². The number of nitrogens with two attached hydrogens (primary N) is 1. The zero-order valence-corrected chi connectivity index (χ0v) is 18.0. The second-order valence-corrected chi connectivity index (χ2v) is 8.42. The number of pyridine rings is 1. The molecule has 5 heteroatoms. The number of nitrogens with zero attached hydrogens (tertiary/aromatic N) is 3. The first kappa shape index (κ1) is 20.9. The third kappa shape index (κ3) is 4.84. The number of rotatable bonds is 6. The van der Waals surface area contributed by atoms with Gasteiger partial charge in [0.2, 0.25) is 0 Å². The molecule has 156 valence electrons. The number of allylic oxidation sites excluding steroid dienone is 1. The summed E-state index contributed by atoms with van der Waals surface area (Å²) in [7, 11) is 0. The Bertz CT molecular complexity index is 920. The number of halogens is 1. The molecule has 1 saturated heterocycles. The van der Waals surface area contributed by atoms with Crippen LogP contribution in [0.5, 0.6) is 0 Å². The molecule has 0 spiro atoms. The van der Waals surface area contributed by atoms with E-state index in [1.165, 1.54) is 11.1 Å². The molecule has 4 rings (SSSR count). The van der Waals surface area contributed by atoms with E-state index in [0.717, 1.165) is 55.4 Å². The third-order valence-corrected chi connectivity index (χ3v) is 6.35. The Kier molecular flexibility index (Phi) is 6.68. The summed E-state index contributed by atoms with van der Waals surface area (Å²) in [5.74, 6) is 0. The maximum Gasteiger partial charge on any atom is 0.0482 e. The minimum Gasteiger partial charge on any atom is -0.399 e. The zero-order valence-electron chi connectivity index (χ0n) is 17.3. The summed E-state index contributed by atoms with van der Waals surface area (Å²) in [5.41, 5.74) is 10.5. The molecule has 0 saturated carbocycles. The quantitative estimate of drug-likeness (QED) is 0.753. The molecule has 0 radical (unpaired) electrons. The van der Waals surface area contributed by atoms with Crippen molar-refractivity contribution in [2.24, 2.45) is 5.73 Å². The van der Waals surface area contributed by atoms with Crippen LogP contribution in [0.15, 0.2) is 84.7 Å². The number of hydrogen-bond acceptors (Lipinski definition) is 4. The first-order chi connectivity index (χ1) is 14.6. The molecule has 2 heterocycles. The van der Waals surface area contributed by atoms with Crippen molar-refractivity contribution in [1.82, 2.24) is 14.8 Å². The van der Waals surface area contributed by atoms with E-state index in [-0.39, 0.29) is 0 Å². The van der Waals surface area contributed by atoms with Crippen LogP contribution in [0.2, 0.25) is 5.02 Å². The van der Waals surface area contributed by atoms with Gasteiger partial charge in [-0.1, -0.05) is 48.5 Å². The van der Waals surface area contributed by atoms with Gasteiger partial charge < -0.3 is 5.73 Å². The van der Waals surface area contributed by atoms with Crippen LogP contribution in [0.25, 0.3) is 0 Å². The predicted octanol–water partition coefficient (Wildman–Crippen LogP) is 4.36. The topological polar surface area (TPSA) is 45.4 Å². The molecule has 2 N–H and O–H groups in total. The third-order valence-electron chi connectivity index (χ3n) is 6.10. The van der Waals surface area contributed by atoms with Gasteiger partial charge in [0.05, 0.1) is 0 Å². The Morgan fingerprint density at radius 1 is 1.13 bits per heavy atom. The first-order valence-corrected chi connectivity index (χ1v) is 10.9. The summed E-state index contributed by atoms with van der Waals surface area (Å²) < 4.78 is 0. The standard InChI is InChI=1S/C25H29ClN4/c1-2-19-17-22(27)10-11-24(19)30-16-15-29(14-12-23-5-3-4-13-28-23)18-25(30)20-6-8-21(26)9-7-20/h2-10,13,17,24-25H,1,11-12,14-16,18,27H2/t24?,25-/m0/s1. The fourth-order valence-electron chi connectivity index (χ4n) is 4.48. The highest BCUT2D eigenvalue weighted by molar-refractivity contribution is 6.30. The lowest BCUT2D eigenvalue weighted by atomic mass is 9.91. The number of benzene rings is 1. The van der Waals surface area contributed by atoms with Crippen LogP contribution >= 0.6 is 11.6 Å². The average Bonchev–Trinajstić information content (AvgIpc) is 2.79. The van der Waals surface area contributed by atoms with Crippen LogP contribution in [0, 0.1) is 0 Å². The van der Waals surface area contributed by atoms with Crippen LogP contribution in [0.4, 0.5) is 0 Å². The Hall–Kier alpha value is -2.40. The lowest BCUT2D eigenvalue weighted by molar-refractivity contribution is 0.0521. The number of piperazine rings is 1. The highest BCUT2D eigenvalue weighted by atomic mass is 35.5. The van der Waals surface area contributed by atoms with Gasteiger partial charge in [-0.3, -0.25) is 14.8 Å². The predicted molar refractivity (Wildman–Crippen MR) is 124 cm³/mol. The van der Waals surface area contributed by atoms with Crippen LogP contribution in [0.3, 0.4) is 0 Å². The molecule has 30 heavy (non-hydrogen) atoms. The van der Waals surface area contributed by atoms with Crippen molar-refractivity contribution in [3.63, 3.8) is 0 Å². The summed E-state index contributed by atoms with van der Waals surface area (Å²) >= 11 is 6.17. The summed E-state index contributed by atoms with van der Waals surface area (Å²) in [6, 6.07) is 15.0. The maximum atomic E-state index is 6.17. The van der Waals surface area contributed by atoms with E-state index >= 15 is 0 Å². The van der Waals surface area contributed by atoms with Crippen molar-refractivity contribution in [1.29, 1.82) is 0 Å². The fraction of sp³-hybridized carbons (Fsp3) is 0.320. The second-order valence-electron chi connectivity index (χ2n) is 7.98. The van der Waals surface area contributed by atoms with Crippen molar-refractivity contribution in [3.8, 4) is 0 Å². The second kappa shape index (κ2) is 9.61. The molecule has 0 bridgehead atoms. The molecule has 1 fully saturated rings. The molecule has 0 amide bonds. The molecule has 1 aliphatic carbocycles. The molecule has 1 aromatic carbocycles. The highest BCUT2D eigenvalue weighted by Crippen LogP contribution is 2.33. The van der Waals surface area contributed by atoms with Gasteiger partial charge in [-0.05, 0) is 47.9 Å². The molecule has 1 aliphatic heterocycles. The smallest absolute Gasteiger partial charge is 0.0482 e. The van der Waals surface area contributed by atoms with E-state index in [9.17, 15) is 0 Å². The Morgan fingerprint density at radius 2 is 1.97 bits per heavy atom. The minimum absolute atomic E-state index is 0.292. The highest BCUT2D eigenvalue weighted by Gasteiger charge is 2.34. The van der Waals surface area contributed by atoms with Gasteiger partial charge in [0.15, 0.2) is 0 Å². The van der Waals surface area contributed by atoms with Gasteiger partial charge in [0.25, 0.3) is 0 Å². The number of aromatic nitrogens is 1. The molecule has 2 aromatic rings. The molecule has 1 unspecified atom stereocenters. The first-order valence-electron chi connectivity index (χ1n) is 10.6. The SMILES string of the molecule is C=CC1=CC(N)=CCC1N1CCN(CCc2ccccn2)C[C@H]1c1ccc(Cl)cc1. The van der Waals surface area contributed by atoms with Gasteiger partial charge in [-0.25, -0.2) is 0 Å². The summed E-state index contributed by atoms with van der Waals surface area (Å²) in [6.07, 6.45) is 9.90. The number of hydrogen-bond donors (Lipinski definition) is 1. The van der Waals surface area contributed by atoms with E-state index in [1.54, 1.807) is 0 Å². The Balaban J connectivity index is 1.54. The summed E-state index contributed by atoms with van der Waals surface area (Å²) in [4.78, 5) is 9.64. The molecular weight excluding hydrogens is 392 g/mol. The van der Waals surface area contributed by atoms with Gasteiger partial charge in [0, 0.05) is 67.3 Å². The van der Waals surface area contributed by atoms with Gasteiger partial charge in [-0.15, -0.1) is 0 Å². The summed E-state index contributed by atoms with van der Waals surface area (Å²) in [5, 5.41) is 0.771. The molecule has 1 aromatic heterocycles. The lowest BCUT2D eigenvalue weighted by Gasteiger charge is -2.46. The lowest BCUT2D eigenvalue weighted by Crippen LogP contribution is -2.53. The van der Waals surface area contributed by atoms with Crippen molar-refractivity contribution in [3.05, 3.63) is 101 Å². The van der Waals surface area contributed by atoms with E-state index in [2.05, 4.69) is 57.8 Å². The Morgan fingerprint density at radius 3 is 2.70 bits per heavy atom. The van der Waals surface area contributed by atoms with Crippen molar-refractivity contribution < 1.29 is 0 Å². The van der Waals surface area contributed by atoms with Crippen molar-refractivity contribution in [2.45, 2.75) is 24.9 Å². The molecular formula is C25H29ClN4. The monoisotopic (exact) mass is 420 g/mol. The van der Waals surface area contributed by atoms with E-state index in [1.807, 2.05) is 30.5 Å². The van der Waals surface area contributed by atoms with Crippen LogP contribution in [0.1, 0.15) is 23.7 Å². The van der Waals surface area contributed by atoms with Gasteiger partial charge in [-0.2, -0.15) is 0 Å². The largest absolute Gasteiger partial charge is 0.399 e. The molecule has 4 nitrogen and oxygen atoms in total. The minimum atomic E-state index is 0.292. The van der Waals surface area contributed by atoms with Crippen LogP contribution in [-0.2, 0) is 6.42 Å². The normalized spacial score (nSPS) is 23.0. The van der Waals surface area contributed by atoms with Crippen molar-refractivity contribution >= 4 is 11.6 Å². The molecule has 2 atom stereocenters. The Labute approximate surface area is 184 Å². The summed E-state index contributed by atoms with van der Waals surface area (Å²) in [6.45, 7) is 8.07. The van der Waals surface area contributed by atoms with E-state index < -0.39 is 0 Å². The van der Waals surface area contributed by atoms with Crippen LogP contribution < -0.4 is 5.73 Å². The van der Waals surface area contributed by atoms with Crippen LogP contribution in [-0.4, -0.2) is 47.0 Å². The van der Waals surface area contributed by atoms with E-state index in [0.29, 0.717) is 12.1 Å². The zero-order chi connectivity index (χ0) is 20.9.